The Morgan fingerprint density at radius 2 is 1.96 bits per heavy atom. The van der Waals surface area contributed by atoms with Gasteiger partial charge in [0.1, 0.15) is 0 Å². The van der Waals surface area contributed by atoms with E-state index in [0.717, 1.165) is 57.4 Å². The Bertz CT molecular complexity index is 696. The Labute approximate surface area is 168 Å². The van der Waals surface area contributed by atoms with Gasteiger partial charge in [-0.2, -0.15) is 0 Å². The Hall–Kier alpha value is -0.910. The standard InChI is InChI=1S/C20H27N3O.2ClH/c1-23(15-16-6-10-22-19-5-3-2-4-18(16)19)17-7-13-24-20(14-17)8-11-21-12-9-20;;/h2-6,10,17,21H,7-9,11-15H2,1H3;2*1H. The normalized spacial score (nSPS) is 22.0. The van der Waals surface area contributed by atoms with Crippen LogP contribution in [0.1, 0.15) is 31.2 Å². The van der Waals surface area contributed by atoms with Crippen molar-refractivity contribution in [3.05, 3.63) is 42.1 Å². The Morgan fingerprint density at radius 1 is 1.19 bits per heavy atom. The van der Waals surface area contributed by atoms with Gasteiger partial charge in [-0.3, -0.25) is 9.88 Å². The molecule has 6 heteroatoms. The van der Waals surface area contributed by atoms with Crippen LogP contribution in [-0.4, -0.2) is 48.3 Å². The summed E-state index contributed by atoms with van der Waals surface area (Å²) in [6.45, 7) is 4.05. The zero-order valence-corrected chi connectivity index (χ0v) is 17.0. The molecule has 144 valence electrons. The third-order valence-electron chi connectivity index (χ3n) is 5.76. The van der Waals surface area contributed by atoms with Gasteiger partial charge in [0.05, 0.1) is 11.1 Å². The number of nitrogens with zero attached hydrogens (tertiary/aromatic N) is 2. The lowest BCUT2D eigenvalue weighted by Crippen LogP contribution is -2.52. The molecule has 4 nitrogen and oxygen atoms in total. The molecule has 0 bridgehead atoms. The monoisotopic (exact) mass is 397 g/mol. The van der Waals surface area contributed by atoms with Crippen molar-refractivity contribution < 1.29 is 4.74 Å². The minimum absolute atomic E-state index is 0. The maximum atomic E-state index is 6.23. The first kappa shape index (κ1) is 21.4. The van der Waals surface area contributed by atoms with E-state index in [-0.39, 0.29) is 30.4 Å². The molecule has 1 atom stereocenters. The van der Waals surface area contributed by atoms with E-state index in [0.29, 0.717) is 6.04 Å². The highest BCUT2D eigenvalue weighted by atomic mass is 35.5. The summed E-state index contributed by atoms with van der Waals surface area (Å²) in [5.74, 6) is 0. The van der Waals surface area contributed by atoms with Crippen LogP contribution >= 0.6 is 24.8 Å². The number of pyridine rings is 1. The van der Waals surface area contributed by atoms with Crippen molar-refractivity contribution >= 4 is 35.7 Å². The van der Waals surface area contributed by atoms with Crippen LogP contribution in [0.2, 0.25) is 0 Å². The Morgan fingerprint density at radius 3 is 2.77 bits per heavy atom. The third-order valence-corrected chi connectivity index (χ3v) is 5.76. The average Bonchev–Trinajstić information content (AvgIpc) is 2.63. The predicted molar refractivity (Wildman–Crippen MR) is 112 cm³/mol. The van der Waals surface area contributed by atoms with Gasteiger partial charge in [0.2, 0.25) is 0 Å². The molecule has 1 spiro atoms. The summed E-state index contributed by atoms with van der Waals surface area (Å²) in [5, 5.41) is 4.73. The van der Waals surface area contributed by atoms with Crippen LogP contribution in [0.4, 0.5) is 0 Å². The molecule has 0 radical (unpaired) electrons. The van der Waals surface area contributed by atoms with E-state index in [1.807, 2.05) is 6.20 Å². The second kappa shape index (κ2) is 9.34. The molecule has 1 aromatic heterocycles. The number of para-hydroxylation sites is 1. The van der Waals surface area contributed by atoms with Crippen molar-refractivity contribution in [2.75, 3.05) is 26.7 Å². The van der Waals surface area contributed by atoms with Gasteiger partial charge in [0.25, 0.3) is 0 Å². The van der Waals surface area contributed by atoms with Gasteiger partial charge in [0.15, 0.2) is 0 Å². The first-order chi connectivity index (χ1) is 11.8. The van der Waals surface area contributed by atoms with Gasteiger partial charge in [0, 0.05) is 30.8 Å². The number of hydrogen-bond acceptors (Lipinski definition) is 4. The SMILES string of the molecule is CN(Cc1ccnc2ccccc12)C1CCOC2(CCNCC2)C1.Cl.Cl. The third kappa shape index (κ3) is 4.49. The molecule has 0 amide bonds. The van der Waals surface area contributed by atoms with Gasteiger partial charge in [-0.1, -0.05) is 18.2 Å². The van der Waals surface area contributed by atoms with Crippen molar-refractivity contribution in [1.29, 1.82) is 0 Å². The fourth-order valence-electron chi connectivity index (χ4n) is 4.30. The molecule has 3 heterocycles. The average molecular weight is 398 g/mol. The molecular weight excluding hydrogens is 369 g/mol. The van der Waals surface area contributed by atoms with E-state index >= 15 is 0 Å². The molecule has 2 aliphatic heterocycles. The number of hydrogen-bond donors (Lipinski definition) is 1. The minimum Gasteiger partial charge on any atom is -0.375 e. The molecule has 2 fully saturated rings. The predicted octanol–water partition coefficient (Wildman–Crippen LogP) is 3.81. The molecule has 4 rings (SSSR count). The minimum atomic E-state index is 0. The molecule has 1 aromatic carbocycles. The number of nitrogens with one attached hydrogen (secondary N) is 1. The van der Waals surface area contributed by atoms with Crippen molar-refractivity contribution in [2.45, 2.75) is 43.9 Å². The number of piperidine rings is 1. The number of rotatable bonds is 3. The lowest BCUT2D eigenvalue weighted by Gasteiger charge is -2.46. The molecule has 2 aromatic rings. The van der Waals surface area contributed by atoms with E-state index in [2.05, 4.69) is 52.6 Å². The highest BCUT2D eigenvalue weighted by Gasteiger charge is 2.39. The summed E-state index contributed by atoms with van der Waals surface area (Å²) in [6, 6.07) is 11.2. The Balaban J connectivity index is 0.00000121. The second-order valence-electron chi connectivity index (χ2n) is 7.33. The summed E-state index contributed by atoms with van der Waals surface area (Å²) in [6.07, 6.45) is 6.53. The summed E-state index contributed by atoms with van der Waals surface area (Å²) in [5.41, 5.74) is 2.57. The fourth-order valence-corrected chi connectivity index (χ4v) is 4.30. The van der Waals surface area contributed by atoms with Gasteiger partial charge < -0.3 is 10.1 Å². The highest BCUT2D eigenvalue weighted by Crippen LogP contribution is 2.35. The summed E-state index contributed by atoms with van der Waals surface area (Å²) in [4.78, 5) is 7.01. The van der Waals surface area contributed by atoms with Crippen LogP contribution in [0.5, 0.6) is 0 Å². The lowest BCUT2D eigenvalue weighted by molar-refractivity contribution is -0.119. The molecule has 2 aliphatic rings. The molecular formula is C20H29Cl2N3O. The topological polar surface area (TPSA) is 37.4 Å². The van der Waals surface area contributed by atoms with E-state index in [1.165, 1.54) is 10.9 Å². The number of fused-ring (bicyclic) bond motifs is 1. The number of ether oxygens (including phenoxy) is 1. The first-order valence-corrected chi connectivity index (χ1v) is 9.13. The summed E-state index contributed by atoms with van der Waals surface area (Å²) in [7, 11) is 2.26. The zero-order valence-electron chi connectivity index (χ0n) is 15.3. The summed E-state index contributed by atoms with van der Waals surface area (Å²) >= 11 is 0. The van der Waals surface area contributed by atoms with E-state index in [9.17, 15) is 0 Å². The smallest absolute Gasteiger partial charge is 0.0721 e. The molecule has 0 saturated carbocycles. The van der Waals surface area contributed by atoms with Gasteiger partial charge in [-0.05, 0) is 63.5 Å². The zero-order chi connectivity index (χ0) is 16.4. The molecule has 26 heavy (non-hydrogen) atoms. The van der Waals surface area contributed by atoms with Gasteiger partial charge in [-0.15, -0.1) is 24.8 Å². The van der Waals surface area contributed by atoms with Crippen LogP contribution in [0.3, 0.4) is 0 Å². The van der Waals surface area contributed by atoms with E-state index < -0.39 is 0 Å². The quantitative estimate of drug-likeness (QED) is 0.853. The maximum Gasteiger partial charge on any atom is 0.0721 e. The Kier molecular flexibility index (Phi) is 7.68. The lowest BCUT2D eigenvalue weighted by atomic mass is 9.82. The molecule has 2 saturated heterocycles. The molecule has 1 unspecified atom stereocenters. The first-order valence-electron chi connectivity index (χ1n) is 9.13. The van der Waals surface area contributed by atoms with Crippen LogP contribution in [-0.2, 0) is 11.3 Å². The fraction of sp³-hybridized carbons (Fsp3) is 0.550. The van der Waals surface area contributed by atoms with Crippen LogP contribution in [0, 0.1) is 0 Å². The van der Waals surface area contributed by atoms with E-state index in [4.69, 9.17) is 4.74 Å². The van der Waals surface area contributed by atoms with Crippen LogP contribution in [0.15, 0.2) is 36.5 Å². The van der Waals surface area contributed by atoms with Gasteiger partial charge in [-0.25, -0.2) is 0 Å². The number of benzene rings is 1. The van der Waals surface area contributed by atoms with Gasteiger partial charge >= 0.3 is 0 Å². The number of aromatic nitrogens is 1. The van der Waals surface area contributed by atoms with Crippen LogP contribution in [0.25, 0.3) is 10.9 Å². The largest absolute Gasteiger partial charge is 0.375 e. The maximum absolute atomic E-state index is 6.23. The van der Waals surface area contributed by atoms with Crippen molar-refractivity contribution in [3.63, 3.8) is 0 Å². The highest BCUT2D eigenvalue weighted by molar-refractivity contribution is 5.85. The van der Waals surface area contributed by atoms with Crippen molar-refractivity contribution in [3.8, 4) is 0 Å². The van der Waals surface area contributed by atoms with Crippen LogP contribution < -0.4 is 5.32 Å². The second-order valence-corrected chi connectivity index (χ2v) is 7.33. The van der Waals surface area contributed by atoms with Crippen molar-refractivity contribution in [2.24, 2.45) is 0 Å². The molecule has 1 N–H and O–H groups in total. The number of halogens is 2. The van der Waals surface area contributed by atoms with E-state index in [1.54, 1.807) is 0 Å². The molecule has 0 aliphatic carbocycles. The van der Waals surface area contributed by atoms with Crippen molar-refractivity contribution in [1.82, 2.24) is 15.2 Å². The summed E-state index contributed by atoms with van der Waals surface area (Å²) < 4.78 is 6.23.